The summed E-state index contributed by atoms with van der Waals surface area (Å²) in [7, 11) is 1.38. The number of hydrogen-bond donors (Lipinski definition) is 3. The van der Waals surface area contributed by atoms with E-state index < -0.39 is 22.9 Å². The second-order valence-electron chi connectivity index (χ2n) is 11.2. The first-order valence-corrected chi connectivity index (χ1v) is 14.3. The van der Waals surface area contributed by atoms with Crippen molar-refractivity contribution in [2.24, 2.45) is 0 Å². The van der Waals surface area contributed by atoms with Crippen molar-refractivity contribution < 1.29 is 29.0 Å². The number of benzene rings is 4. The fraction of sp³-hybridized carbons (Fsp3) is 0.194. The average Bonchev–Trinajstić information content (AvgIpc) is 3.33. The van der Waals surface area contributed by atoms with Crippen molar-refractivity contribution in [1.29, 1.82) is 0 Å². The molecule has 222 valence electrons. The van der Waals surface area contributed by atoms with Crippen LogP contribution in [0.15, 0.2) is 95.9 Å². The highest BCUT2D eigenvalue weighted by atomic mass is 16.5. The van der Waals surface area contributed by atoms with Crippen molar-refractivity contribution in [3.05, 3.63) is 124 Å². The van der Waals surface area contributed by atoms with Crippen molar-refractivity contribution in [2.45, 2.75) is 39.3 Å². The number of carbonyl (C=O) groups is 3. The summed E-state index contributed by atoms with van der Waals surface area (Å²) in [5.74, 6) is -1.73. The second-order valence-corrected chi connectivity index (χ2v) is 11.2. The van der Waals surface area contributed by atoms with Crippen molar-refractivity contribution >= 4 is 28.2 Å². The van der Waals surface area contributed by atoms with Gasteiger partial charge in [-0.15, -0.1) is 0 Å². The maximum atomic E-state index is 14.1. The molecule has 0 unspecified atom stereocenters. The Kier molecular flexibility index (Phi) is 7.21. The summed E-state index contributed by atoms with van der Waals surface area (Å²) < 4.78 is 11.6. The molecule has 0 saturated heterocycles. The van der Waals surface area contributed by atoms with E-state index >= 15 is 0 Å². The van der Waals surface area contributed by atoms with Gasteiger partial charge in [0, 0.05) is 30.9 Å². The highest BCUT2D eigenvalue weighted by Gasteiger charge is 2.56. The molecule has 4 aromatic rings. The molecule has 6 rings (SSSR count). The van der Waals surface area contributed by atoms with E-state index in [0.29, 0.717) is 12.2 Å². The number of ketones is 2. The summed E-state index contributed by atoms with van der Waals surface area (Å²) in [6, 6.07) is 22.9. The average molecular weight is 589 g/mol. The number of aryl methyl sites for hydroxylation is 1. The molecule has 1 aliphatic heterocycles. The van der Waals surface area contributed by atoms with Crippen LogP contribution in [0.2, 0.25) is 0 Å². The van der Waals surface area contributed by atoms with Gasteiger partial charge in [0.1, 0.15) is 28.2 Å². The molecule has 0 fully saturated rings. The van der Waals surface area contributed by atoms with E-state index in [1.165, 1.54) is 19.3 Å². The first kappa shape index (κ1) is 28.7. The van der Waals surface area contributed by atoms with E-state index in [1.807, 2.05) is 73.7 Å². The minimum Gasteiger partial charge on any atom is -0.507 e. The predicted molar refractivity (Wildman–Crippen MR) is 167 cm³/mol. The normalized spacial score (nSPS) is 18.2. The lowest BCUT2D eigenvalue weighted by Gasteiger charge is -2.28. The van der Waals surface area contributed by atoms with Gasteiger partial charge >= 0.3 is 0 Å². The Bertz CT molecular complexity index is 1920. The molecule has 1 atom stereocenters. The number of phenols is 1. The van der Waals surface area contributed by atoms with E-state index in [0.717, 1.165) is 27.5 Å². The van der Waals surface area contributed by atoms with E-state index in [4.69, 9.17) is 9.47 Å². The Morgan fingerprint density at radius 3 is 2.45 bits per heavy atom. The molecule has 4 aromatic carbocycles. The fourth-order valence-corrected chi connectivity index (χ4v) is 6.08. The van der Waals surface area contributed by atoms with Crippen LogP contribution in [0.3, 0.4) is 0 Å². The summed E-state index contributed by atoms with van der Waals surface area (Å²) in [5.41, 5.74) is 1.95. The standard InChI is InChI=1S/C36H32N2O6/c1-20-14-15-23-12-8-9-13-24(23)25(20)19-38-35(42)31-28(43-4)16-27(40)32-33(31)44-29-17-26(39)30(34(41)36(29,32)3)21(2)37-18-22-10-6-5-7-11-22/h5-17,37,40H,18-19H2,1-4H3,(H,38,42)/t36-/m1/s1. The van der Waals surface area contributed by atoms with Crippen LogP contribution in [-0.2, 0) is 28.1 Å². The SMILES string of the molecule is COc1cc(O)c2c(c1C(=O)NCc1c(C)ccc3ccccc13)OC1=CC(=O)C(=C(C)NCc3ccccc3)C(=O)[C@]12C. The maximum absolute atomic E-state index is 14.1. The molecule has 8 heteroatoms. The number of aromatic hydroxyl groups is 1. The zero-order valence-electron chi connectivity index (χ0n) is 24.9. The van der Waals surface area contributed by atoms with Gasteiger partial charge in [-0.25, -0.2) is 0 Å². The van der Waals surface area contributed by atoms with Crippen LogP contribution in [0.25, 0.3) is 10.8 Å². The number of phenolic OH excluding ortho intramolecular Hbond substituents is 1. The molecule has 3 N–H and O–H groups in total. The van der Waals surface area contributed by atoms with Crippen molar-refractivity contribution in [3.8, 4) is 17.2 Å². The van der Waals surface area contributed by atoms with Gasteiger partial charge in [-0.2, -0.15) is 0 Å². The van der Waals surface area contributed by atoms with Crippen LogP contribution in [0.1, 0.15) is 46.5 Å². The molecule has 44 heavy (non-hydrogen) atoms. The molecule has 0 saturated carbocycles. The number of ether oxygens (including phenoxy) is 2. The Labute approximate surface area is 255 Å². The molecule has 8 nitrogen and oxygen atoms in total. The summed E-state index contributed by atoms with van der Waals surface area (Å²) >= 11 is 0. The van der Waals surface area contributed by atoms with E-state index in [1.54, 1.807) is 13.8 Å². The van der Waals surface area contributed by atoms with Gasteiger partial charge in [-0.3, -0.25) is 14.4 Å². The summed E-state index contributed by atoms with van der Waals surface area (Å²) in [4.78, 5) is 41.2. The van der Waals surface area contributed by atoms with Crippen LogP contribution < -0.4 is 20.1 Å². The Balaban J connectivity index is 1.37. The number of fused-ring (bicyclic) bond motifs is 4. The highest BCUT2D eigenvalue weighted by molar-refractivity contribution is 6.31. The number of Topliss-reactive ketones (excluding diaryl/α,β-unsaturated/α-hetero) is 1. The molecular weight excluding hydrogens is 556 g/mol. The lowest BCUT2D eigenvalue weighted by Crippen LogP contribution is -2.41. The summed E-state index contributed by atoms with van der Waals surface area (Å²) in [5, 5.41) is 19.4. The van der Waals surface area contributed by atoms with Crippen LogP contribution in [-0.4, -0.2) is 29.7 Å². The lowest BCUT2D eigenvalue weighted by atomic mass is 9.70. The third-order valence-corrected chi connectivity index (χ3v) is 8.54. The Hall–Kier alpha value is -5.37. The first-order valence-electron chi connectivity index (χ1n) is 14.3. The predicted octanol–water partition coefficient (Wildman–Crippen LogP) is 5.54. The van der Waals surface area contributed by atoms with Crippen molar-refractivity contribution in [2.75, 3.05) is 7.11 Å². The summed E-state index contributed by atoms with van der Waals surface area (Å²) in [6.45, 7) is 5.89. The highest BCUT2D eigenvalue weighted by Crippen LogP contribution is 2.56. The summed E-state index contributed by atoms with van der Waals surface area (Å²) in [6.07, 6.45) is 1.26. The van der Waals surface area contributed by atoms with Crippen LogP contribution in [0.5, 0.6) is 17.2 Å². The monoisotopic (exact) mass is 588 g/mol. The number of carbonyl (C=O) groups excluding carboxylic acids is 3. The smallest absolute Gasteiger partial charge is 0.259 e. The van der Waals surface area contributed by atoms with Gasteiger partial charge in [0.15, 0.2) is 17.3 Å². The third-order valence-electron chi connectivity index (χ3n) is 8.54. The van der Waals surface area contributed by atoms with Crippen molar-refractivity contribution in [3.63, 3.8) is 0 Å². The fourth-order valence-electron chi connectivity index (χ4n) is 6.08. The Morgan fingerprint density at radius 1 is 0.977 bits per heavy atom. The van der Waals surface area contributed by atoms with E-state index in [-0.39, 0.29) is 46.3 Å². The number of allylic oxidation sites excluding steroid dienone is 4. The minimum absolute atomic E-state index is 0.0139. The minimum atomic E-state index is -1.54. The van der Waals surface area contributed by atoms with Gasteiger partial charge in [0.25, 0.3) is 5.91 Å². The molecular formula is C36H32N2O6. The first-order chi connectivity index (χ1) is 21.1. The van der Waals surface area contributed by atoms with Crippen LogP contribution in [0, 0.1) is 6.92 Å². The van der Waals surface area contributed by atoms with Gasteiger partial charge in [0.2, 0.25) is 0 Å². The quantitative estimate of drug-likeness (QED) is 0.192. The van der Waals surface area contributed by atoms with E-state index in [9.17, 15) is 19.5 Å². The zero-order chi connectivity index (χ0) is 31.2. The van der Waals surface area contributed by atoms with Crippen LogP contribution >= 0.6 is 0 Å². The topological polar surface area (TPSA) is 114 Å². The van der Waals surface area contributed by atoms with Crippen molar-refractivity contribution in [1.82, 2.24) is 10.6 Å². The van der Waals surface area contributed by atoms with Gasteiger partial charge in [-0.1, -0.05) is 66.7 Å². The number of rotatable bonds is 7. The number of amides is 1. The molecule has 0 aromatic heterocycles. The molecule has 0 radical (unpaired) electrons. The molecule has 1 amide bonds. The van der Waals surface area contributed by atoms with Crippen LogP contribution in [0.4, 0.5) is 0 Å². The lowest BCUT2D eigenvalue weighted by molar-refractivity contribution is -0.123. The molecule has 0 spiro atoms. The largest absolute Gasteiger partial charge is 0.507 e. The second kappa shape index (κ2) is 11.0. The van der Waals surface area contributed by atoms with Gasteiger partial charge in [-0.05, 0) is 48.2 Å². The maximum Gasteiger partial charge on any atom is 0.259 e. The van der Waals surface area contributed by atoms with Gasteiger partial charge in [0.05, 0.1) is 18.2 Å². The molecule has 1 heterocycles. The Morgan fingerprint density at radius 2 is 1.70 bits per heavy atom. The van der Waals surface area contributed by atoms with E-state index in [2.05, 4.69) is 10.6 Å². The van der Waals surface area contributed by atoms with Gasteiger partial charge < -0.3 is 25.2 Å². The molecule has 1 aliphatic carbocycles. The zero-order valence-corrected chi connectivity index (χ0v) is 24.9. The molecule has 0 bridgehead atoms. The third kappa shape index (κ3) is 4.59. The number of hydrogen-bond acceptors (Lipinski definition) is 7. The number of nitrogens with one attached hydrogen (secondary N) is 2. The number of methoxy groups -OCH3 is 1. The molecule has 2 aliphatic rings.